The molecule has 76 valence electrons. The molecule has 13 heavy (non-hydrogen) atoms. The van der Waals surface area contributed by atoms with Gasteiger partial charge in [0.2, 0.25) is 0 Å². The second-order valence-corrected chi connectivity index (χ2v) is 3.73. The molecule has 0 heterocycles. The molecular weight excluding hydrogens is 170 g/mol. The van der Waals surface area contributed by atoms with E-state index in [2.05, 4.69) is 0 Å². The average molecular weight is 187 g/mol. The monoisotopic (exact) mass is 187 g/mol. The molecule has 1 rings (SSSR count). The van der Waals surface area contributed by atoms with E-state index in [1.165, 1.54) is 0 Å². The van der Waals surface area contributed by atoms with Gasteiger partial charge in [-0.15, -0.1) is 0 Å². The molecule has 0 aliphatic heterocycles. The van der Waals surface area contributed by atoms with E-state index >= 15 is 0 Å². The maximum atomic E-state index is 10.6. The van der Waals surface area contributed by atoms with Crippen LogP contribution in [0.3, 0.4) is 0 Å². The van der Waals surface area contributed by atoms with Crippen LogP contribution in [0.4, 0.5) is 0 Å². The number of carbonyl (C=O) groups is 1. The van der Waals surface area contributed by atoms with E-state index in [1.54, 1.807) is 0 Å². The van der Waals surface area contributed by atoms with Crippen molar-refractivity contribution >= 4 is 5.97 Å². The van der Waals surface area contributed by atoms with Crippen LogP contribution < -0.4 is 5.73 Å². The van der Waals surface area contributed by atoms with Gasteiger partial charge in [-0.05, 0) is 12.8 Å². The van der Waals surface area contributed by atoms with E-state index in [9.17, 15) is 9.90 Å². The number of hydrogen-bond acceptors (Lipinski definition) is 3. The maximum absolute atomic E-state index is 10.6. The molecule has 1 aliphatic rings. The minimum Gasteiger partial charge on any atom is -0.480 e. The van der Waals surface area contributed by atoms with Crippen molar-refractivity contribution in [1.82, 2.24) is 0 Å². The van der Waals surface area contributed by atoms with E-state index in [1.807, 2.05) is 0 Å². The number of nitrogens with two attached hydrogens (primary N) is 1. The standard InChI is InChI=1S/C9H17NO3/c10-8(9(12)13)6-4-2-1-3-5-7(6)11/h6-8,11H,1-5,10H2,(H,12,13)/t6-,7+,8+/m0/s1. The van der Waals surface area contributed by atoms with Crippen LogP contribution in [0, 0.1) is 5.92 Å². The Balaban J connectivity index is 2.58. The van der Waals surface area contributed by atoms with Crippen molar-refractivity contribution in [2.45, 2.75) is 44.2 Å². The number of aliphatic hydroxyl groups excluding tert-OH is 1. The van der Waals surface area contributed by atoms with Gasteiger partial charge in [-0.1, -0.05) is 19.3 Å². The van der Waals surface area contributed by atoms with E-state index in [0.29, 0.717) is 6.42 Å². The smallest absolute Gasteiger partial charge is 0.320 e. The summed E-state index contributed by atoms with van der Waals surface area (Å²) < 4.78 is 0. The third-order valence-electron chi connectivity index (χ3n) is 2.78. The highest BCUT2D eigenvalue weighted by molar-refractivity contribution is 5.73. The van der Waals surface area contributed by atoms with Gasteiger partial charge >= 0.3 is 5.97 Å². The van der Waals surface area contributed by atoms with Gasteiger partial charge in [0, 0.05) is 5.92 Å². The zero-order valence-electron chi connectivity index (χ0n) is 7.65. The number of aliphatic carboxylic acids is 1. The van der Waals surface area contributed by atoms with Gasteiger partial charge in [-0.3, -0.25) is 4.79 Å². The molecule has 0 aromatic rings. The first-order chi connectivity index (χ1) is 6.13. The molecule has 4 heteroatoms. The second-order valence-electron chi connectivity index (χ2n) is 3.73. The fourth-order valence-electron chi connectivity index (χ4n) is 1.92. The summed E-state index contributed by atoms with van der Waals surface area (Å²) in [5.41, 5.74) is 5.49. The van der Waals surface area contributed by atoms with Crippen molar-refractivity contribution in [2.75, 3.05) is 0 Å². The quantitative estimate of drug-likeness (QED) is 0.544. The molecule has 0 spiro atoms. The number of rotatable bonds is 2. The van der Waals surface area contributed by atoms with Crippen molar-refractivity contribution in [3.63, 3.8) is 0 Å². The van der Waals surface area contributed by atoms with Crippen LogP contribution in [-0.2, 0) is 4.79 Å². The third kappa shape index (κ3) is 2.67. The summed E-state index contributed by atoms with van der Waals surface area (Å²) in [4.78, 5) is 10.6. The first-order valence-electron chi connectivity index (χ1n) is 4.79. The lowest BCUT2D eigenvalue weighted by Gasteiger charge is -2.23. The fourth-order valence-corrected chi connectivity index (χ4v) is 1.92. The molecule has 3 atom stereocenters. The highest BCUT2D eigenvalue weighted by atomic mass is 16.4. The summed E-state index contributed by atoms with van der Waals surface area (Å²) in [6.45, 7) is 0. The first-order valence-corrected chi connectivity index (χ1v) is 4.79. The molecule has 0 amide bonds. The molecule has 4 N–H and O–H groups in total. The summed E-state index contributed by atoms with van der Waals surface area (Å²) in [7, 11) is 0. The van der Waals surface area contributed by atoms with Gasteiger partial charge in [0.1, 0.15) is 6.04 Å². The van der Waals surface area contributed by atoms with Crippen LogP contribution in [0.2, 0.25) is 0 Å². The van der Waals surface area contributed by atoms with Crippen LogP contribution in [0.1, 0.15) is 32.1 Å². The van der Waals surface area contributed by atoms with Crippen LogP contribution in [0.15, 0.2) is 0 Å². The normalized spacial score (nSPS) is 32.2. The average Bonchev–Trinajstić information content (AvgIpc) is 2.28. The molecule has 1 fully saturated rings. The van der Waals surface area contributed by atoms with Crippen LogP contribution >= 0.6 is 0 Å². The molecule has 0 aromatic carbocycles. The zero-order chi connectivity index (χ0) is 9.84. The van der Waals surface area contributed by atoms with Gasteiger partial charge < -0.3 is 15.9 Å². The Kier molecular flexibility index (Phi) is 3.69. The summed E-state index contributed by atoms with van der Waals surface area (Å²) in [6.07, 6.45) is 3.90. The summed E-state index contributed by atoms with van der Waals surface area (Å²) in [6, 6.07) is -0.909. The third-order valence-corrected chi connectivity index (χ3v) is 2.78. The Bertz CT molecular complexity index is 184. The highest BCUT2D eigenvalue weighted by Gasteiger charge is 2.31. The molecule has 0 saturated heterocycles. The predicted molar refractivity (Wildman–Crippen MR) is 48.2 cm³/mol. The molecule has 0 unspecified atom stereocenters. The van der Waals surface area contributed by atoms with Gasteiger partial charge in [-0.25, -0.2) is 0 Å². The predicted octanol–water partition coefficient (Wildman–Crippen LogP) is 0.339. The Morgan fingerprint density at radius 3 is 2.54 bits per heavy atom. The van der Waals surface area contributed by atoms with Gasteiger partial charge in [0.15, 0.2) is 0 Å². The summed E-state index contributed by atoms with van der Waals surface area (Å²) >= 11 is 0. The minimum absolute atomic E-state index is 0.264. The number of carboxylic acids is 1. The topological polar surface area (TPSA) is 83.6 Å². The van der Waals surface area contributed by atoms with Crippen molar-refractivity contribution in [1.29, 1.82) is 0 Å². The van der Waals surface area contributed by atoms with E-state index in [-0.39, 0.29) is 5.92 Å². The number of hydrogen-bond donors (Lipinski definition) is 3. The lowest BCUT2D eigenvalue weighted by molar-refractivity contribution is -0.141. The lowest BCUT2D eigenvalue weighted by atomic mass is 9.90. The number of aliphatic hydroxyl groups is 1. The fraction of sp³-hybridized carbons (Fsp3) is 0.889. The summed E-state index contributed by atoms with van der Waals surface area (Å²) in [5, 5.41) is 18.3. The van der Waals surface area contributed by atoms with Gasteiger partial charge in [0.25, 0.3) is 0 Å². The molecule has 0 aromatic heterocycles. The zero-order valence-corrected chi connectivity index (χ0v) is 7.65. The Morgan fingerprint density at radius 2 is 1.92 bits per heavy atom. The van der Waals surface area contributed by atoms with Crippen LogP contribution in [-0.4, -0.2) is 28.3 Å². The van der Waals surface area contributed by atoms with Crippen molar-refractivity contribution in [3.05, 3.63) is 0 Å². The molecule has 1 aliphatic carbocycles. The first kappa shape index (κ1) is 10.5. The largest absolute Gasteiger partial charge is 0.480 e. The van der Waals surface area contributed by atoms with E-state index in [4.69, 9.17) is 10.8 Å². The number of carboxylic acid groups (broad SMARTS) is 1. The van der Waals surface area contributed by atoms with Gasteiger partial charge in [0.05, 0.1) is 6.10 Å². The van der Waals surface area contributed by atoms with Crippen molar-refractivity contribution < 1.29 is 15.0 Å². The Hall–Kier alpha value is -0.610. The lowest BCUT2D eigenvalue weighted by Crippen LogP contribution is -2.43. The van der Waals surface area contributed by atoms with Crippen LogP contribution in [0.25, 0.3) is 0 Å². The van der Waals surface area contributed by atoms with E-state index < -0.39 is 18.1 Å². The summed E-state index contributed by atoms with van der Waals surface area (Å²) in [5.74, 6) is -1.27. The molecule has 1 saturated carbocycles. The molecule has 0 bridgehead atoms. The SMILES string of the molecule is N[C@@H](C(=O)O)[C@H]1CCCCC[C@H]1O. The maximum Gasteiger partial charge on any atom is 0.320 e. The van der Waals surface area contributed by atoms with Crippen molar-refractivity contribution in [3.8, 4) is 0 Å². The Morgan fingerprint density at radius 1 is 1.31 bits per heavy atom. The van der Waals surface area contributed by atoms with Gasteiger partial charge in [-0.2, -0.15) is 0 Å². The molecule has 0 radical (unpaired) electrons. The molecular formula is C9H17NO3. The Labute approximate surface area is 77.7 Å². The highest BCUT2D eigenvalue weighted by Crippen LogP contribution is 2.25. The second kappa shape index (κ2) is 4.58. The minimum atomic E-state index is -1.01. The van der Waals surface area contributed by atoms with Crippen LogP contribution in [0.5, 0.6) is 0 Å². The molecule has 4 nitrogen and oxygen atoms in total. The van der Waals surface area contributed by atoms with E-state index in [0.717, 1.165) is 25.7 Å². The van der Waals surface area contributed by atoms with Crippen molar-refractivity contribution in [2.24, 2.45) is 11.7 Å².